The summed E-state index contributed by atoms with van der Waals surface area (Å²) >= 11 is 6.08. The van der Waals surface area contributed by atoms with Crippen molar-refractivity contribution in [1.29, 1.82) is 0 Å². The Labute approximate surface area is 119 Å². The highest BCUT2D eigenvalue weighted by atomic mass is 35.5. The lowest BCUT2D eigenvalue weighted by atomic mass is 10.1. The topological polar surface area (TPSA) is 54.9 Å². The lowest BCUT2D eigenvalue weighted by Crippen LogP contribution is -2.34. The maximum atomic E-state index is 12.6. The molecule has 0 aliphatic heterocycles. The van der Waals surface area contributed by atoms with Crippen LogP contribution < -0.4 is 11.2 Å². The lowest BCUT2D eigenvalue weighted by Gasteiger charge is -2.09. The van der Waals surface area contributed by atoms with Crippen molar-refractivity contribution in [2.75, 3.05) is 0 Å². The van der Waals surface area contributed by atoms with E-state index in [1.165, 1.54) is 0 Å². The first-order valence-electron chi connectivity index (χ1n) is 6.09. The SMILES string of the molecule is Cc1cccc2[nH]c(=O)n(-c3ccccc3Cl)c(=O)c12. The van der Waals surface area contributed by atoms with Gasteiger partial charge < -0.3 is 4.98 Å². The Bertz CT molecular complexity index is 925. The molecule has 1 aromatic heterocycles. The minimum absolute atomic E-state index is 0.355. The smallest absolute Gasteiger partial charge is 0.306 e. The van der Waals surface area contributed by atoms with Gasteiger partial charge in [-0.15, -0.1) is 0 Å². The van der Waals surface area contributed by atoms with E-state index in [9.17, 15) is 9.59 Å². The van der Waals surface area contributed by atoms with Crippen molar-refractivity contribution in [3.63, 3.8) is 0 Å². The molecule has 0 bridgehead atoms. The lowest BCUT2D eigenvalue weighted by molar-refractivity contribution is 0.900. The van der Waals surface area contributed by atoms with E-state index in [4.69, 9.17) is 11.6 Å². The van der Waals surface area contributed by atoms with Crippen molar-refractivity contribution >= 4 is 22.5 Å². The molecule has 0 unspecified atom stereocenters. The third-order valence-electron chi connectivity index (χ3n) is 3.23. The highest BCUT2D eigenvalue weighted by molar-refractivity contribution is 6.32. The molecule has 5 heteroatoms. The molecule has 3 aromatic rings. The zero-order chi connectivity index (χ0) is 14.3. The van der Waals surface area contributed by atoms with Gasteiger partial charge >= 0.3 is 5.69 Å². The molecule has 1 N–H and O–H groups in total. The summed E-state index contributed by atoms with van der Waals surface area (Å²) in [6.07, 6.45) is 0. The van der Waals surface area contributed by atoms with Crippen molar-refractivity contribution in [1.82, 2.24) is 9.55 Å². The molecule has 0 atom stereocenters. The second-order valence-corrected chi connectivity index (χ2v) is 4.93. The fourth-order valence-electron chi connectivity index (χ4n) is 2.28. The second kappa shape index (κ2) is 4.65. The fourth-order valence-corrected chi connectivity index (χ4v) is 2.50. The maximum absolute atomic E-state index is 12.6. The molecule has 0 saturated carbocycles. The Morgan fingerprint density at radius 2 is 1.80 bits per heavy atom. The number of fused-ring (bicyclic) bond motifs is 1. The third kappa shape index (κ3) is 1.85. The van der Waals surface area contributed by atoms with Crippen LogP contribution in [0, 0.1) is 6.92 Å². The molecule has 4 nitrogen and oxygen atoms in total. The van der Waals surface area contributed by atoms with Gasteiger partial charge in [0, 0.05) is 0 Å². The zero-order valence-electron chi connectivity index (χ0n) is 10.7. The van der Waals surface area contributed by atoms with E-state index in [1.54, 1.807) is 36.4 Å². The molecule has 3 rings (SSSR count). The summed E-state index contributed by atoms with van der Waals surface area (Å²) in [5, 5.41) is 0.847. The van der Waals surface area contributed by atoms with E-state index < -0.39 is 5.69 Å². The van der Waals surface area contributed by atoms with Crippen LogP contribution in [0.2, 0.25) is 5.02 Å². The molecule has 0 spiro atoms. The summed E-state index contributed by atoms with van der Waals surface area (Å²) in [6.45, 7) is 1.83. The zero-order valence-corrected chi connectivity index (χ0v) is 11.4. The summed E-state index contributed by atoms with van der Waals surface area (Å²) in [4.78, 5) is 27.5. The molecule has 1 heterocycles. The molecule has 0 radical (unpaired) electrons. The van der Waals surface area contributed by atoms with Gasteiger partial charge in [0.05, 0.1) is 21.6 Å². The van der Waals surface area contributed by atoms with Crippen LogP contribution in [0.5, 0.6) is 0 Å². The van der Waals surface area contributed by atoms with Crippen LogP contribution >= 0.6 is 11.6 Å². The molecule has 0 aliphatic carbocycles. The Balaban J connectivity index is 2.50. The number of halogens is 1. The van der Waals surface area contributed by atoms with Crippen LogP contribution in [0.15, 0.2) is 52.1 Å². The van der Waals surface area contributed by atoms with E-state index >= 15 is 0 Å². The molecular weight excluding hydrogens is 276 g/mol. The largest absolute Gasteiger partial charge is 0.333 e. The van der Waals surface area contributed by atoms with E-state index in [0.29, 0.717) is 21.6 Å². The standard InChI is InChI=1S/C15H11ClN2O2/c1-9-5-4-7-11-13(9)14(19)18(15(20)17-11)12-8-3-2-6-10(12)16/h2-8H,1H3,(H,17,20). The molecule has 2 aromatic carbocycles. The maximum Gasteiger partial charge on any atom is 0.333 e. The van der Waals surface area contributed by atoms with Crippen molar-refractivity contribution in [3.05, 3.63) is 73.9 Å². The van der Waals surface area contributed by atoms with Crippen LogP contribution in [-0.4, -0.2) is 9.55 Å². The molecule has 20 heavy (non-hydrogen) atoms. The highest BCUT2D eigenvalue weighted by Crippen LogP contribution is 2.18. The number of para-hydroxylation sites is 1. The van der Waals surface area contributed by atoms with E-state index in [0.717, 1.165) is 10.1 Å². The van der Waals surface area contributed by atoms with Crippen LogP contribution in [0.25, 0.3) is 16.6 Å². The third-order valence-corrected chi connectivity index (χ3v) is 3.55. The number of nitrogens with zero attached hydrogens (tertiary/aromatic N) is 1. The number of aryl methyl sites for hydroxylation is 1. The average molecular weight is 287 g/mol. The van der Waals surface area contributed by atoms with Crippen LogP contribution in [0.1, 0.15) is 5.56 Å². The van der Waals surface area contributed by atoms with Crippen LogP contribution in [-0.2, 0) is 0 Å². The number of rotatable bonds is 1. The summed E-state index contributed by atoms with van der Waals surface area (Å²) < 4.78 is 1.07. The van der Waals surface area contributed by atoms with Crippen LogP contribution in [0.3, 0.4) is 0 Å². The van der Waals surface area contributed by atoms with Gasteiger partial charge in [0.1, 0.15) is 0 Å². The number of nitrogens with one attached hydrogen (secondary N) is 1. The van der Waals surface area contributed by atoms with Crippen molar-refractivity contribution in [2.45, 2.75) is 6.92 Å². The Morgan fingerprint density at radius 1 is 1.05 bits per heavy atom. The Kier molecular flexibility index (Phi) is 2.95. The highest BCUT2D eigenvalue weighted by Gasteiger charge is 2.12. The van der Waals surface area contributed by atoms with Gasteiger partial charge in [-0.25, -0.2) is 9.36 Å². The van der Waals surface area contributed by atoms with Crippen LogP contribution in [0.4, 0.5) is 0 Å². The van der Waals surface area contributed by atoms with Gasteiger partial charge in [-0.1, -0.05) is 35.9 Å². The van der Waals surface area contributed by atoms with Crippen molar-refractivity contribution in [3.8, 4) is 5.69 Å². The normalized spacial score (nSPS) is 10.9. The minimum Gasteiger partial charge on any atom is -0.306 e. The number of H-pyrrole nitrogens is 1. The molecule has 0 fully saturated rings. The number of hydrogen-bond donors (Lipinski definition) is 1. The summed E-state index contributed by atoms with van der Waals surface area (Å²) in [5.74, 6) is 0. The summed E-state index contributed by atoms with van der Waals surface area (Å²) in [6, 6.07) is 12.1. The summed E-state index contributed by atoms with van der Waals surface area (Å²) in [7, 11) is 0. The van der Waals surface area contributed by atoms with E-state index in [-0.39, 0.29) is 5.56 Å². The number of aromatic nitrogens is 2. The van der Waals surface area contributed by atoms with Gasteiger partial charge in [0.2, 0.25) is 0 Å². The quantitative estimate of drug-likeness (QED) is 0.748. The number of benzene rings is 2. The van der Waals surface area contributed by atoms with E-state index in [2.05, 4.69) is 4.98 Å². The first kappa shape index (κ1) is 12.7. The van der Waals surface area contributed by atoms with Gasteiger partial charge in [-0.05, 0) is 30.7 Å². The molecule has 100 valence electrons. The number of hydrogen-bond acceptors (Lipinski definition) is 2. The fraction of sp³-hybridized carbons (Fsp3) is 0.0667. The molecule has 0 amide bonds. The predicted octanol–water partition coefficient (Wildman–Crippen LogP) is 2.64. The van der Waals surface area contributed by atoms with Gasteiger partial charge in [-0.3, -0.25) is 4.79 Å². The Morgan fingerprint density at radius 3 is 2.55 bits per heavy atom. The monoisotopic (exact) mass is 286 g/mol. The predicted molar refractivity (Wildman–Crippen MR) is 79.9 cm³/mol. The van der Waals surface area contributed by atoms with Gasteiger partial charge in [-0.2, -0.15) is 0 Å². The average Bonchev–Trinajstić information content (AvgIpc) is 2.40. The summed E-state index contributed by atoms with van der Waals surface area (Å²) in [5.41, 5.74) is 0.856. The van der Waals surface area contributed by atoms with Gasteiger partial charge in [0.15, 0.2) is 0 Å². The van der Waals surface area contributed by atoms with Gasteiger partial charge in [0.25, 0.3) is 5.56 Å². The second-order valence-electron chi connectivity index (χ2n) is 4.52. The first-order valence-corrected chi connectivity index (χ1v) is 6.47. The number of aromatic amines is 1. The Hall–Kier alpha value is -2.33. The minimum atomic E-state index is -0.499. The van der Waals surface area contributed by atoms with Crippen molar-refractivity contribution < 1.29 is 0 Å². The first-order chi connectivity index (χ1) is 9.59. The molecule has 0 aliphatic rings. The van der Waals surface area contributed by atoms with Crippen molar-refractivity contribution in [2.24, 2.45) is 0 Å². The molecular formula is C15H11ClN2O2. The molecule has 0 saturated heterocycles. The van der Waals surface area contributed by atoms with E-state index in [1.807, 2.05) is 13.0 Å².